The molecule has 0 radical (unpaired) electrons. The second kappa shape index (κ2) is 7.94. The number of nitrogens with two attached hydrogens (primary N) is 1. The summed E-state index contributed by atoms with van der Waals surface area (Å²) in [4.78, 5) is 27.4. The van der Waals surface area contributed by atoms with Crippen LogP contribution in [0.4, 0.5) is 0 Å². The molecule has 1 atom stereocenters. The van der Waals surface area contributed by atoms with Crippen LogP contribution in [0, 0.1) is 0 Å². The lowest BCUT2D eigenvalue weighted by Crippen LogP contribution is -2.36. The van der Waals surface area contributed by atoms with E-state index >= 15 is 0 Å². The van der Waals surface area contributed by atoms with E-state index in [0.29, 0.717) is 25.9 Å². The third kappa shape index (κ3) is 4.56. The van der Waals surface area contributed by atoms with E-state index in [4.69, 9.17) is 5.73 Å². The first-order valence-electron chi connectivity index (χ1n) is 7.91. The van der Waals surface area contributed by atoms with Crippen LogP contribution in [0.15, 0.2) is 30.3 Å². The van der Waals surface area contributed by atoms with Crippen LogP contribution in [0.5, 0.6) is 0 Å². The molecule has 0 spiro atoms. The van der Waals surface area contributed by atoms with Crippen molar-refractivity contribution in [3.05, 3.63) is 35.9 Å². The van der Waals surface area contributed by atoms with Crippen LogP contribution in [0.1, 0.15) is 37.8 Å². The summed E-state index contributed by atoms with van der Waals surface area (Å²) >= 11 is 0. The SMILES string of the molecule is CC(=O)N1CCCN(C(=O)CCC(N)c2ccccc2)CC1. The lowest BCUT2D eigenvalue weighted by atomic mass is 10.0. The minimum atomic E-state index is -0.106. The average molecular weight is 303 g/mol. The minimum Gasteiger partial charge on any atom is -0.341 e. The summed E-state index contributed by atoms with van der Waals surface area (Å²) in [6.45, 7) is 4.30. The number of hydrogen-bond donors (Lipinski definition) is 1. The number of hydrogen-bond acceptors (Lipinski definition) is 3. The monoisotopic (exact) mass is 303 g/mol. The maximum absolute atomic E-state index is 12.3. The summed E-state index contributed by atoms with van der Waals surface area (Å²) in [5, 5.41) is 0. The predicted octanol–water partition coefficient (Wildman–Crippen LogP) is 1.55. The van der Waals surface area contributed by atoms with Gasteiger partial charge in [-0.05, 0) is 18.4 Å². The largest absolute Gasteiger partial charge is 0.341 e. The van der Waals surface area contributed by atoms with Gasteiger partial charge in [0.15, 0.2) is 0 Å². The molecule has 5 nitrogen and oxygen atoms in total. The van der Waals surface area contributed by atoms with Gasteiger partial charge in [-0.25, -0.2) is 0 Å². The molecule has 22 heavy (non-hydrogen) atoms. The lowest BCUT2D eigenvalue weighted by molar-refractivity contribution is -0.132. The van der Waals surface area contributed by atoms with Gasteiger partial charge in [-0.1, -0.05) is 30.3 Å². The molecular formula is C17H25N3O2. The van der Waals surface area contributed by atoms with Crippen LogP contribution in [0.25, 0.3) is 0 Å². The van der Waals surface area contributed by atoms with Crippen LogP contribution in [-0.2, 0) is 9.59 Å². The zero-order valence-corrected chi connectivity index (χ0v) is 13.2. The summed E-state index contributed by atoms with van der Waals surface area (Å²) in [5.41, 5.74) is 7.21. The molecule has 2 rings (SSSR count). The molecule has 1 aliphatic heterocycles. The van der Waals surface area contributed by atoms with Crippen LogP contribution in [0.3, 0.4) is 0 Å². The number of carbonyl (C=O) groups is 2. The first-order valence-corrected chi connectivity index (χ1v) is 7.91. The van der Waals surface area contributed by atoms with E-state index in [-0.39, 0.29) is 17.9 Å². The summed E-state index contributed by atoms with van der Waals surface area (Å²) in [6, 6.07) is 9.76. The number of amides is 2. The quantitative estimate of drug-likeness (QED) is 0.917. The predicted molar refractivity (Wildman–Crippen MR) is 86.1 cm³/mol. The fourth-order valence-electron chi connectivity index (χ4n) is 2.79. The summed E-state index contributed by atoms with van der Waals surface area (Å²) < 4.78 is 0. The van der Waals surface area contributed by atoms with Crippen molar-refractivity contribution >= 4 is 11.8 Å². The fourth-order valence-corrected chi connectivity index (χ4v) is 2.79. The van der Waals surface area contributed by atoms with E-state index in [2.05, 4.69) is 0 Å². The highest BCUT2D eigenvalue weighted by Gasteiger charge is 2.20. The van der Waals surface area contributed by atoms with Gasteiger partial charge in [0.2, 0.25) is 11.8 Å². The molecule has 1 unspecified atom stereocenters. The lowest BCUT2D eigenvalue weighted by Gasteiger charge is -2.22. The highest BCUT2D eigenvalue weighted by molar-refractivity contribution is 5.77. The van der Waals surface area contributed by atoms with Crippen molar-refractivity contribution < 1.29 is 9.59 Å². The van der Waals surface area contributed by atoms with Gasteiger partial charge in [-0.2, -0.15) is 0 Å². The smallest absolute Gasteiger partial charge is 0.222 e. The third-order valence-corrected chi connectivity index (χ3v) is 4.19. The first-order chi connectivity index (χ1) is 10.6. The Morgan fingerprint density at radius 1 is 1.09 bits per heavy atom. The van der Waals surface area contributed by atoms with Gasteiger partial charge < -0.3 is 15.5 Å². The summed E-state index contributed by atoms with van der Waals surface area (Å²) in [5.74, 6) is 0.220. The van der Waals surface area contributed by atoms with E-state index in [1.807, 2.05) is 40.1 Å². The van der Waals surface area contributed by atoms with E-state index in [9.17, 15) is 9.59 Å². The van der Waals surface area contributed by atoms with Gasteiger partial charge >= 0.3 is 0 Å². The Bertz CT molecular complexity index is 504. The zero-order valence-electron chi connectivity index (χ0n) is 13.2. The van der Waals surface area contributed by atoms with Crippen molar-refractivity contribution in [2.45, 2.75) is 32.2 Å². The van der Waals surface area contributed by atoms with Crippen molar-refractivity contribution in [3.63, 3.8) is 0 Å². The van der Waals surface area contributed by atoms with Gasteiger partial charge in [-0.15, -0.1) is 0 Å². The van der Waals surface area contributed by atoms with Gasteiger partial charge in [-0.3, -0.25) is 9.59 Å². The summed E-state index contributed by atoms with van der Waals surface area (Å²) in [7, 11) is 0. The van der Waals surface area contributed by atoms with Crippen molar-refractivity contribution in [1.82, 2.24) is 9.80 Å². The molecule has 1 aliphatic rings. The zero-order chi connectivity index (χ0) is 15.9. The van der Waals surface area contributed by atoms with Crippen LogP contribution >= 0.6 is 0 Å². The van der Waals surface area contributed by atoms with E-state index in [1.165, 1.54) is 0 Å². The molecule has 0 aliphatic carbocycles. The maximum atomic E-state index is 12.3. The van der Waals surface area contributed by atoms with Crippen LogP contribution in [0.2, 0.25) is 0 Å². The number of carbonyl (C=O) groups excluding carboxylic acids is 2. The minimum absolute atomic E-state index is 0.0837. The maximum Gasteiger partial charge on any atom is 0.222 e. The molecule has 0 saturated carbocycles. The number of benzene rings is 1. The Labute approximate surface area is 132 Å². The highest BCUT2D eigenvalue weighted by Crippen LogP contribution is 2.16. The Morgan fingerprint density at radius 3 is 2.41 bits per heavy atom. The molecule has 1 aromatic carbocycles. The highest BCUT2D eigenvalue weighted by atomic mass is 16.2. The van der Waals surface area contributed by atoms with Crippen molar-refractivity contribution in [2.75, 3.05) is 26.2 Å². The fraction of sp³-hybridized carbons (Fsp3) is 0.529. The summed E-state index contributed by atoms with van der Waals surface area (Å²) in [6.07, 6.45) is 1.95. The Hall–Kier alpha value is -1.88. The molecular weight excluding hydrogens is 278 g/mol. The molecule has 5 heteroatoms. The topological polar surface area (TPSA) is 66.6 Å². The second-order valence-corrected chi connectivity index (χ2v) is 5.80. The molecule has 0 aromatic heterocycles. The van der Waals surface area contributed by atoms with E-state index < -0.39 is 0 Å². The Morgan fingerprint density at radius 2 is 1.73 bits per heavy atom. The van der Waals surface area contributed by atoms with E-state index in [0.717, 1.165) is 25.1 Å². The third-order valence-electron chi connectivity index (χ3n) is 4.19. The number of rotatable bonds is 4. The molecule has 2 amide bonds. The van der Waals surface area contributed by atoms with Crippen LogP contribution < -0.4 is 5.73 Å². The van der Waals surface area contributed by atoms with Gasteiger partial charge in [0.05, 0.1) is 0 Å². The first kappa shape index (κ1) is 16.5. The average Bonchev–Trinajstić information content (AvgIpc) is 2.79. The second-order valence-electron chi connectivity index (χ2n) is 5.80. The van der Waals surface area contributed by atoms with Crippen molar-refractivity contribution in [2.24, 2.45) is 5.73 Å². The molecule has 1 saturated heterocycles. The van der Waals surface area contributed by atoms with Gasteiger partial charge in [0.1, 0.15) is 0 Å². The van der Waals surface area contributed by atoms with E-state index in [1.54, 1.807) is 6.92 Å². The molecule has 1 fully saturated rings. The molecule has 1 heterocycles. The number of nitrogens with zero attached hydrogens (tertiary/aromatic N) is 2. The van der Waals surface area contributed by atoms with Gasteiger partial charge in [0, 0.05) is 45.6 Å². The van der Waals surface area contributed by atoms with Crippen molar-refractivity contribution in [1.29, 1.82) is 0 Å². The van der Waals surface area contributed by atoms with Crippen molar-refractivity contribution in [3.8, 4) is 0 Å². The Balaban J connectivity index is 1.81. The molecule has 2 N–H and O–H groups in total. The van der Waals surface area contributed by atoms with Gasteiger partial charge in [0.25, 0.3) is 0 Å². The molecule has 120 valence electrons. The van der Waals surface area contributed by atoms with Crippen LogP contribution in [-0.4, -0.2) is 47.8 Å². The molecule has 1 aromatic rings. The standard InChI is InChI=1S/C17H25N3O2/c1-14(21)19-10-5-11-20(13-12-19)17(22)9-8-16(18)15-6-3-2-4-7-15/h2-4,6-7,16H,5,8-13,18H2,1H3. The Kier molecular flexibility index (Phi) is 5.95. The molecule has 0 bridgehead atoms. The normalized spacial score (nSPS) is 17.0.